The first-order valence-corrected chi connectivity index (χ1v) is 8.06. The summed E-state index contributed by atoms with van der Waals surface area (Å²) in [7, 11) is 3.05. The maximum absolute atomic E-state index is 13.0. The summed E-state index contributed by atoms with van der Waals surface area (Å²) in [5, 5.41) is 11.8. The van der Waals surface area contributed by atoms with Crippen molar-refractivity contribution < 1.29 is 27.8 Å². The van der Waals surface area contributed by atoms with Gasteiger partial charge in [-0.15, -0.1) is 0 Å². The molecule has 5 N–H and O–H groups in total. The van der Waals surface area contributed by atoms with E-state index in [1.807, 2.05) is 0 Å². The third-order valence-corrected chi connectivity index (χ3v) is 3.64. The van der Waals surface area contributed by atoms with Crippen LogP contribution in [0.1, 0.15) is 11.1 Å². The molecule has 28 heavy (non-hydrogen) atoms. The Morgan fingerprint density at radius 1 is 1.21 bits per heavy atom. The SMILES string of the molecule is CN(N)C=O.CN(N)c1cccc(Cl)c1COc1ccc(O)cc1C(F)(F)F. The molecule has 2 aromatic rings. The highest BCUT2D eigenvalue weighted by molar-refractivity contribution is 6.31. The molecule has 0 fully saturated rings. The van der Waals surface area contributed by atoms with E-state index in [4.69, 9.17) is 28.0 Å². The first-order valence-electron chi connectivity index (χ1n) is 7.69. The van der Waals surface area contributed by atoms with E-state index in [1.54, 1.807) is 25.2 Å². The molecule has 0 aliphatic heterocycles. The molecule has 0 saturated heterocycles. The summed E-state index contributed by atoms with van der Waals surface area (Å²) in [6, 6.07) is 7.72. The Bertz CT molecular complexity index is 802. The summed E-state index contributed by atoms with van der Waals surface area (Å²) in [4.78, 5) is 9.31. The topological polar surface area (TPSA) is 105 Å². The number of ether oxygens (including phenoxy) is 1. The minimum Gasteiger partial charge on any atom is -0.508 e. The molecule has 0 unspecified atom stereocenters. The number of carbonyl (C=O) groups is 1. The lowest BCUT2D eigenvalue weighted by atomic mass is 10.1. The number of amides is 1. The van der Waals surface area contributed by atoms with E-state index in [0.717, 1.165) is 17.1 Å². The molecule has 0 aromatic heterocycles. The van der Waals surface area contributed by atoms with E-state index < -0.39 is 23.2 Å². The van der Waals surface area contributed by atoms with Crippen molar-refractivity contribution in [3.8, 4) is 11.5 Å². The molecule has 2 rings (SSSR count). The van der Waals surface area contributed by atoms with Gasteiger partial charge in [-0.25, -0.2) is 11.7 Å². The summed E-state index contributed by atoms with van der Waals surface area (Å²) in [5.74, 6) is 9.54. The molecule has 0 aliphatic carbocycles. The second-order valence-corrected chi connectivity index (χ2v) is 5.99. The number of phenols is 1. The number of anilines is 1. The minimum atomic E-state index is -4.65. The number of nitrogens with two attached hydrogens (primary N) is 2. The van der Waals surface area contributed by atoms with Gasteiger partial charge in [0.15, 0.2) is 0 Å². The number of aromatic hydroxyl groups is 1. The minimum absolute atomic E-state index is 0.204. The van der Waals surface area contributed by atoms with E-state index >= 15 is 0 Å². The molecular weight excluding hydrogens is 401 g/mol. The van der Waals surface area contributed by atoms with Crippen molar-refractivity contribution >= 4 is 23.7 Å². The molecule has 2 aromatic carbocycles. The number of nitrogens with zero attached hydrogens (tertiary/aromatic N) is 2. The molecule has 0 aliphatic rings. The standard InChI is InChI=1S/C15H14ClF3N2O2.C2H6N2O/c1-21(20)13-4-2-3-12(16)10(13)8-23-14-6-5-9(22)7-11(14)15(17,18)19;1-4(3)2-5/h2-7,22H,8,20H2,1H3;2H,3H2,1H3. The van der Waals surface area contributed by atoms with Gasteiger partial charge in [-0.1, -0.05) is 17.7 Å². The lowest BCUT2D eigenvalue weighted by Crippen LogP contribution is -2.26. The Morgan fingerprint density at radius 2 is 1.82 bits per heavy atom. The average molecular weight is 421 g/mol. The number of halogens is 4. The van der Waals surface area contributed by atoms with Crippen LogP contribution in [0.3, 0.4) is 0 Å². The molecular formula is C17H20ClF3N4O3. The van der Waals surface area contributed by atoms with Crippen molar-refractivity contribution in [1.82, 2.24) is 5.01 Å². The first kappa shape index (κ1) is 23.3. The van der Waals surface area contributed by atoms with Gasteiger partial charge in [0, 0.05) is 24.7 Å². The highest BCUT2D eigenvalue weighted by atomic mass is 35.5. The summed E-state index contributed by atoms with van der Waals surface area (Å²) >= 11 is 6.07. The van der Waals surface area contributed by atoms with E-state index in [-0.39, 0.29) is 6.61 Å². The van der Waals surface area contributed by atoms with Crippen molar-refractivity contribution in [3.63, 3.8) is 0 Å². The van der Waals surface area contributed by atoms with Gasteiger partial charge < -0.3 is 14.9 Å². The van der Waals surface area contributed by atoms with E-state index in [9.17, 15) is 23.1 Å². The molecule has 154 valence electrons. The zero-order chi connectivity index (χ0) is 21.5. The molecule has 7 nitrogen and oxygen atoms in total. The smallest absolute Gasteiger partial charge is 0.420 e. The number of hydrazine groups is 2. The van der Waals surface area contributed by atoms with Gasteiger partial charge in [0.05, 0.1) is 5.69 Å². The van der Waals surface area contributed by atoms with Crippen molar-refractivity contribution in [3.05, 3.63) is 52.5 Å². The molecule has 0 radical (unpaired) electrons. The van der Waals surface area contributed by atoms with Gasteiger partial charge >= 0.3 is 6.18 Å². The number of alkyl halides is 3. The number of rotatable bonds is 5. The van der Waals surface area contributed by atoms with Crippen LogP contribution >= 0.6 is 11.6 Å². The second-order valence-electron chi connectivity index (χ2n) is 5.59. The van der Waals surface area contributed by atoms with Crippen molar-refractivity contribution in [1.29, 1.82) is 0 Å². The maximum Gasteiger partial charge on any atom is 0.420 e. The summed E-state index contributed by atoms with van der Waals surface area (Å²) in [6.07, 6.45) is -4.12. The van der Waals surface area contributed by atoms with Gasteiger partial charge in [0.1, 0.15) is 23.7 Å². The van der Waals surface area contributed by atoms with E-state index in [0.29, 0.717) is 28.7 Å². The van der Waals surface area contributed by atoms with Crippen molar-refractivity contribution in [2.45, 2.75) is 12.8 Å². The highest BCUT2D eigenvalue weighted by Gasteiger charge is 2.35. The Balaban J connectivity index is 0.000000696. The van der Waals surface area contributed by atoms with Crippen LogP contribution in [-0.2, 0) is 17.6 Å². The van der Waals surface area contributed by atoms with Crippen LogP contribution in [0.2, 0.25) is 5.02 Å². The third-order valence-electron chi connectivity index (χ3n) is 3.28. The van der Waals surface area contributed by atoms with Gasteiger partial charge in [-0.2, -0.15) is 13.2 Å². The van der Waals surface area contributed by atoms with Crippen LogP contribution in [0.5, 0.6) is 11.5 Å². The van der Waals surface area contributed by atoms with Gasteiger partial charge in [-0.05, 0) is 30.3 Å². The monoisotopic (exact) mass is 420 g/mol. The van der Waals surface area contributed by atoms with Gasteiger partial charge in [0.2, 0.25) is 6.41 Å². The predicted octanol–water partition coefficient (Wildman–Crippen LogP) is 2.90. The Labute approximate surface area is 164 Å². The molecule has 0 bridgehead atoms. The van der Waals surface area contributed by atoms with Crippen LogP contribution in [0.4, 0.5) is 18.9 Å². The number of carbonyl (C=O) groups excluding carboxylic acids is 1. The zero-order valence-corrected chi connectivity index (χ0v) is 15.8. The van der Waals surface area contributed by atoms with E-state index in [2.05, 4.69) is 0 Å². The van der Waals surface area contributed by atoms with E-state index in [1.165, 1.54) is 12.1 Å². The molecule has 0 saturated carbocycles. The maximum atomic E-state index is 13.0. The van der Waals surface area contributed by atoms with Crippen LogP contribution in [-0.4, -0.2) is 30.6 Å². The summed E-state index contributed by atoms with van der Waals surface area (Å²) in [5.41, 5.74) is -0.0718. The van der Waals surface area contributed by atoms with Crippen LogP contribution < -0.4 is 21.4 Å². The Hall–Kier alpha value is -2.69. The third kappa shape index (κ3) is 6.80. The molecule has 11 heteroatoms. The first-order chi connectivity index (χ1) is 13.0. The average Bonchev–Trinajstić information content (AvgIpc) is 2.60. The summed E-state index contributed by atoms with van der Waals surface area (Å²) < 4.78 is 44.3. The molecule has 1 amide bonds. The lowest BCUT2D eigenvalue weighted by molar-refractivity contribution is -0.139. The number of hydrogen-bond acceptors (Lipinski definition) is 6. The van der Waals surface area contributed by atoms with Crippen LogP contribution in [0.15, 0.2) is 36.4 Å². The quantitative estimate of drug-likeness (QED) is 0.297. The number of benzene rings is 2. The van der Waals surface area contributed by atoms with Crippen LogP contribution in [0, 0.1) is 0 Å². The fourth-order valence-corrected chi connectivity index (χ4v) is 2.26. The van der Waals surface area contributed by atoms with Gasteiger partial charge in [-0.3, -0.25) is 9.80 Å². The predicted molar refractivity (Wildman–Crippen MR) is 99.5 cm³/mol. The van der Waals surface area contributed by atoms with Crippen molar-refractivity contribution in [2.24, 2.45) is 11.7 Å². The summed E-state index contributed by atoms with van der Waals surface area (Å²) in [6.45, 7) is -0.204. The number of phenolic OH excluding ortho intramolecular Hbond substituents is 1. The highest BCUT2D eigenvalue weighted by Crippen LogP contribution is 2.39. The van der Waals surface area contributed by atoms with Gasteiger partial charge in [0.25, 0.3) is 0 Å². The lowest BCUT2D eigenvalue weighted by Gasteiger charge is -2.19. The molecule has 0 spiro atoms. The molecule has 0 heterocycles. The van der Waals surface area contributed by atoms with Crippen LogP contribution in [0.25, 0.3) is 0 Å². The Morgan fingerprint density at radius 3 is 2.32 bits per heavy atom. The fourth-order valence-electron chi connectivity index (χ4n) is 2.04. The normalized spacial score (nSPS) is 10.6. The largest absolute Gasteiger partial charge is 0.508 e. The zero-order valence-electron chi connectivity index (χ0n) is 15.1. The molecule has 0 atom stereocenters. The Kier molecular flexibility index (Phi) is 8.35. The second kappa shape index (κ2) is 10.0. The number of hydrogen-bond donors (Lipinski definition) is 3. The fraction of sp³-hybridized carbons (Fsp3) is 0.235. The van der Waals surface area contributed by atoms with Crippen molar-refractivity contribution in [2.75, 3.05) is 19.1 Å².